The maximum Gasteiger partial charge on any atom is 0.416 e. The van der Waals surface area contributed by atoms with E-state index in [1.54, 1.807) is 7.11 Å². The molecule has 0 unspecified atom stereocenters. The van der Waals surface area contributed by atoms with Gasteiger partial charge < -0.3 is 9.30 Å². The molecule has 3 aromatic rings. The number of nitrogens with zero attached hydrogens (tertiary/aromatic N) is 2. The number of aromatic nitrogens is 2. The topological polar surface area (TPSA) is 27.1 Å². The second-order valence-corrected chi connectivity index (χ2v) is 6.00. The van der Waals surface area contributed by atoms with E-state index >= 15 is 0 Å². The van der Waals surface area contributed by atoms with Crippen LogP contribution < -0.4 is 0 Å². The van der Waals surface area contributed by atoms with Gasteiger partial charge in [-0.1, -0.05) is 23.8 Å². The van der Waals surface area contributed by atoms with Crippen LogP contribution in [0.4, 0.5) is 13.2 Å². The summed E-state index contributed by atoms with van der Waals surface area (Å²) in [5, 5.41) is 0. The van der Waals surface area contributed by atoms with Crippen LogP contribution in [0.2, 0.25) is 0 Å². The van der Waals surface area contributed by atoms with Crippen molar-refractivity contribution < 1.29 is 17.9 Å². The Morgan fingerprint density at radius 1 is 1.12 bits per heavy atom. The van der Waals surface area contributed by atoms with Crippen LogP contribution in [0.5, 0.6) is 0 Å². The third kappa shape index (κ3) is 3.69. The summed E-state index contributed by atoms with van der Waals surface area (Å²) >= 11 is 0. The van der Waals surface area contributed by atoms with Crippen LogP contribution >= 0.6 is 0 Å². The Morgan fingerprint density at radius 2 is 1.92 bits per heavy atom. The van der Waals surface area contributed by atoms with E-state index < -0.39 is 11.7 Å². The molecule has 0 bridgehead atoms. The standard InChI is InChI=1S/C19H19F3N2O/c1-13-5-3-6-14(11-13)18-23-16-12-15(19(20,21)22)7-8-17(16)24(18)9-4-10-25-2/h3,5-8,11-12H,4,9-10H2,1-2H3. The summed E-state index contributed by atoms with van der Waals surface area (Å²) in [4.78, 5) is 4.50. The third-order valence-corrected chi connectivity index (χ3v) is 4.08. The second-order valence-electron chi connectivity index (χ2n) is 6.00. The van der Waals surface area contributed by atoms with E-state index in [1.165, 1.54) is 6.07 Å². The first-order chi connectivity index (χ1) is 11.9. The number of alkyl halides is 3. The number of rotatable bonds is 5. The summed E-state index contributed by atoms with van der Waals surface area (Å²) in [5.41, 5.74) is 2.33. The van der Waals surface area contributed by atoms with Crippen molar-refractivity contribution in [1.29, 1.82) is 0 Å². The lowest BCUT2D eigenvalue weighted by Crippen LogP contribution is -2.05. The maximum atomic E-state index is 13.0. The van der Waals surface area contributed by atoms with Crippen LogP contribution in [0.3, 0.4) is 0 Å². The SMILES string of the molecule is COCCCn1c(-c2cccc(C)c2)nc2cc(C(F)(F)F)ccc21. The number of fused-ring (bicyclic) bond motifs is 1. The molecule has 0 amide bonds. The average molecular weight is 348 g/mol. The van der Waals surface area contributed by atoms with Gasteiger partial charge in [0, 0.05) is 25.8 Å². The van der Waals surface area contributed by atoms with Crippen molar-refractivity contribution in [2.75, 3.05) is 13.7 Å². The lowest BCUT2D eigenvalue weighted by atomic mass is 10.1. The molecule has 0 saturated carbocycles. The number of halogens is 3. The van der Waals surface area contributed by atoms with Gasteiger partial charge in [-0.2, -0.15) is 13.2 Å². The van der Waals surface area contributed by atoms with Crippen molar-refractivity contribution in [3.05, 3.63) is 53.6 Å². The van der Waals surface area contributed by atoms with Crippen LogP contribution in [-0.4, -0.2) is 23.3 Å². The van der Waals surface area contributed by atoms with Crippen LogP contribution in [0, 0.1) is 6.92 Å². The molecule has 6 heteroatoms. The van der Waals surface area contributed by atoms with Crippen LogP contribution in [0.15, 0.2) is 42.5 Å². The predicted molar refractivity (Wildman–Crippen MR) is 91.4 cm³/mol. The van der Waals surface area contributed by atoms with Crippen LogP contribution in [0.25, 0.3) is 22.4 Å². The van der Waals surface area contributed by atoms with Gasteiger partial charge in [-0.05, 0) is 37.6 Å². The minimum atomic E-state index is -4.38. The lowest BCUT2D eigenvalue weighted by molar-refractivity contribution is -0.137. The molecule has 0 saturated heterocycles. The van der Waals surface area contributed by atoms with E-state index in [9.17, 15) is 13.2 Å². The number of methoxy groups -OCH3 is 1. The van der Waals surface area contributed by atoms with Gasteiger partial charge in [-0.25, -0.2) is 4.98 Å². The molecule has 0 N–H and O–H groups in total. The Hall–Kier alpha value is -2.34. The highest BCUT2D eigenvalue weighted by Gasteiger charge is 2.31. The van der Waals surface area contributed by atoms with Crippen molar-refractivity contribution in [1.82, 2.24) is 9.55 Å². The highest BCUT2D eigenvalue weighted by atomic mass is 19.4. The van der Waals surface area contributed by atoms with Gasteiger partial charge >= 0.3 is 6.18 Å². The first-order valence-electron chi connectivity index (χ1n) is 8.03. The van der Waals surface area contributed by atoms with Gasteiger partial charge in [0.2, 0.25) is 0 Å². The molecule has 0 aliphatic carbocycles. The minimum Gasteiger partial charge on any atom is -0.385 e. The molecule has 0 spiro atoms. The number of aryl methyl sites for hydroxylation is 2. The van der Waals surface area contributed by atoms with Gasteiger partial charge in [0.05, 0.1) is 16.6 Å². The Morgan fingerprint density at radius 3 is 2.60 bits per heavy atom. The molecular formula is C19H19F3N2O. The molecule has 3 rings (SSSR count). The first-order valence-corrected chi connectivity index (χ1v) is 8.03. The van der Waals surface area contributed by atoms with Gasteiger partial charge in [0.25, 0.3) is 0 Å². The van der Waals surface area contributed by atoms with Crippen LogP contribution in [-0.2, 0) is 17.5 Å². The summed E-state index contributed by atoms with van der Waals surface area (Å²) in [7, 11) is 1.63. The van der Waals surface area contributed by atoms with Gasteiger partial charge in [-0.15, -0.1) is 0 Å². The first kappa shape index (κ1) is 17.5. The predicted octanol–water partition coefficient (Wildman–Crippen LogP) is 5.07. The number of imidazole rings is 1. The molecule has 2 aromatic carbocycles. The Labute approximate surface area is 144 Å². The number of hydrogen-bond acceptors (Lipinski definition) is 2. The summed E-state index contributed by atoms with van der Waals surface area (Å²) in [6.07, 6.45) is -3.63. The van der Waals surface area contributed by atoms with E-state index in [0.29, 0.717) is 30.0 Å². The summed E-state index contributed by atoms with van der Waals surface area (Å²) < 4.78 is 46.0. The highest BCUT2D eigenvalue weighted by molar-refractivity contribution is 5.81. The molecule has 0 fully saturated rings. The van der Waals surface area contributed by atoms with Gasteiger partial charge in [-0.3, -0.25) is 0 Å². The van der Waals surface area contributed by atoms with Crippen molar-refractivity contribution in [3.63, 3.8) is 0 Å². The summed E-state index contributed by atoms with van der Waals surface area (Å²) in [5.74, 6) is 0.675. The fraction of sp³-hybridized carbons (Fsp3) is 0.316. The van der Waals surface area contributed by atoms with Crippen molar-refractivity contribution >= 4 is 11.0 Å². The van der Waals surface area contributed by atoms with Gasteiger partial charge in [0.15, 0.2) is 0 Å². The molecular weight excluding hydrogens is 329 g/mol. The smallest absolute Gasteiger partial charge is 0.385 e. The quantitative estimate of drug-likeness (QED) is 0.602. The molecule has 25 heavy (non-hydrogen) atoms. The summed E-state index contributed by atoms with van der Waals surface area (Å²) in [6.45, 7) is 3.18. The number of ether oxygens (including phenoxy) is 1. The zero-order valence-electron chi connectivity index (χ0n) is 14.1. The zero-order valence-corrected chi connectivity index (χ0v) is 14.1. The molecule has 0 radical (unpaired) electrons. The fourth-order valence-electron chi connectivity index (χ4n) is 2.90. The Bertz CT molecular complexity index is 884. The molecule has 132 valence electrons. The molecule has 1 heterocycles. The van der Waals surface area contributed by atoms with E-state index in [1.807, 2.05) is 35.8 Å². The monoisotopic (exact) mass is 348 g/mol. The molecule has 1 aromatic heterocycles. The molecule has 3 nitrogen and oxygen atoms in total. The Balaban J connectivity index is 2.14. The lowest BCUT2D eigenvalue weighted by Gasteiger charge is -2.10. The fourth-order valence-corrected chi connectivity index (χ4v) is 2.90. The summed E-state index contributed by atoms with van der Waals surface area (Å²) in [6, 6.07) is 11.5. The van der Waals surface area contributed by atoms with Crippen molar-refractivity contribution in [2.45, 2.75) is 26.1 Å². The molecule has 0 aliphatic heterocycles. The maximum absolute atomic E-state index is 13.0. The number of benzene rings is 2. The second kappa shape index (κ2) is 6.88. The van der Waals surface area contributed by atoms with Crippen molar-refractivity contribution in [2.24, 2.45) is 0 Å². The highest BCUT2D eigenvalue weighted by Crippen LogP contribution is 2.33. The number of hydrogen-bond donors (Lipinski definition) is 0. The largest absolute Gasteiger partial charge is 0.416 e. The van der Waals surface area contributed by atoms with Gasteiger partial charge in [0.1, 0.15) is 5.82 Å². The average Bonchev–Trinajstić information content (AvgIpc) is 2.92. The minimum absolute atomic E-state index is 0.351. The molecule has 0 atom stereocenters. The van der Waals surface area contributed by atoms with Crippen LogP contribution in [0.1, 0.15) is 17.5 Å². The van der Waals surface area contributed by atoms with E-state index in [2.05, 4.69) is 4.98 Å². The zero-order chi connectivity index (χ0) is 18.0. The normalized spacial score (nSPS) is 12.0. The van der Waals surface area contributed by atoms with Crippen molar-refractivity contribution in [3.8, 4) is 11.4 Å². The third-order valence-electron chi connectivity index (χ3n) is 4.08. The van der Waals surface area contributed by atoms with E-state index in [-0.39, 0.29) is 0 Å². The van der Waals surface area contributed by atoms with E-state index in [0.717, 1.165) is 29.7 Å². The Kier molecular flexibility index (Phi) is 4.81. The van der Waals surface area contributed by atoms with E-state index in [4.69, 9.17) is 4.74 Å². The molecule has 0 aliphatic rings.